The van der Waals surface area contributed by atoms with Gasteiger partial charge in [-0.2, -0.15) is 0 Å². The number of hydrogen-bond donors (Lipinski definition) is 2. The van der Waals surface area contributed by atoms with Crippen molar-refractivity contribution in [2.45, 2.75) is 32.9 Å². The quantitative estimate of drug-likeness (QED) is 0.730. The zero-order chi connectivity index (χ0) is 19.7. The Hall–Kier alpha value is -2.50. The summed E-state index contributed by atoms with van der Waals surface area (Å²) < 4.78 is 0. The van der Waals surface area contributed by atoms with Crippen LogP contribution in [-0.4, -0.2) is 44.0 Å². The molecule has 2 amide bonds. The van der Waals surface area contributed by atoms with Gasteiger partial charge in [-0.3, -0.25) is 9.59 Å². The molecule has 0 aliphatic carbocycles. The van der Waals surface area contributed by atoms with Gasteiger partial charge in [0, 0.05) is 5.56 Å². The molecule has 2 saturated heterocycles. The van der Waals surface area contributed by atoms with Crippen LogP contribution in [0.2, 0.25) is 0 Å². The summed E-state index contributed by atoms with van der Waals surface area (Å²) in [6, 6.07) is 16.1. The van der Waals surface area contributed by atoms with Crippen LogP contribution in [0.3, 0.4) is 0 Å². The minimum absolute atomic E-state index is 0.0311. The molecule has 146 valence electrons. The standard InChI is InChI=1S/C23H27N3O2/c1-17-6-5-8-19(14-17)16-24-10-12-25(13-11-24)21-15-22(27)26(23(21)28)20-9-4-3-7-18(20)2/h3-9,14,21H,10-13,15-16H2,1-2H3/p+2/t21-/m0/s1. The van der Waals surface area contributed by atoms with Crippen LogP contribution < -0.4 is 14.7 Å². The van der Waals surface area contributed by atoms with Crippen LogP contribution in [-0.2, 0) is 16.1 Å². The van der Waals surface area contributed by atoms with E-state index in [0.29, 0.717) is 6.42 Å². The highest BCUT2D eigenvalue weighted by atomic mass is 16.2. The van der Waals surface area contributed by atoms with Gasteiger partial charge in [-0.15, -0.1) is 0 Å². The van der Waals surface area contributed by atoms with Crippen molar-refractivity contribution in [3.63, 3.8) is 0 Å². The topological polar surface area (TPSA) is 46.3 Å². The lowest BCUT2D eigenvalue weighted by Gasteiger charge is -2.32. The molecule has 0 bridgehead atoms. The summed E-state index contributed by atoms with van der Waals surface area (Å²) in [6.07, 6.45) is 0.329. The zero-order valence-corrected chi connectivity index (χ0v) is 16.7. The SMILES string of the molecule is Cc1cccc(C[NH+]2CC[NH+]([C@H]3CC(=O)N(c4ccccc4C)C3=O)CC2)c1. The Morgan fingerprint density at radius 3 is 2.43 bits per heavy atom. The van der Waals surface area contributed by atoms with E-state index in [1.54, 1.807) is 4.90 Å². The largest absolute Gasteiger partial charge is 0.322 e. The van der Waals surface area contributed by atoms with Gasteiger partial charge in [0.15, 0.2) is 6.04 Å². The van der Waals surface area contributed by atoms with Gasteiger partial charge >= 0.3 is 0 Å². The van der Waals surface area contributed by atoms with Crippen molar-refractivity contribution in [3.05, 3.63) is 65.2 Å². The van der Waals surface area contributed by atoms with E-state index in [9.17, 15) is 9.59 Å². The van der Waals surface area contributed by atoms with E-state index in [-0.39, 0.29) is 17.9 Å². The van der Waals surface area contributed by atoms with Crippen LogP contribution in [0.15, 0.2) is 48.5 Å². The summed E-state index contributed by atoms with van der Waals surface area (Å²) in [7, 11) is 0. The van der Waals surface area contributed by atoms with Gasteiger partial charge in [0.2, 0.25) is 5.91 Å². The molecule has 28 heavy (non-hydrogen) atoms. The number of quaternary nitrogens is 2. The third-order valence-electron chi connectivity index (χ3n) is 6.13. The van der Waals surface area contributed by atoms with Crippen LogP contribution in [0.5, 0.6) is 0 Å². The smallest absolute Gasteiger partial charge is 0.292 e. The second-order valence-electron chi connectivity index (χ2n) is 8.18. The summed E-state index contributed by atoms with van der Waals surface area (Å²) >= 11 is 0. The number of nitrogens with zero attached hydrogens (tertiary/aromatic N) is 1. The predicted molar refractivity (Wildman–Crippen MR) is 108 cm³/mol. The van der Waals surface area contributed by atoms with Gasteiger partial charge in [-0.25, -0.2) is 4.90 Å². The molecule has 0 unspecified atom stereocenters. The number of carbonyl (C=O) groups is 2. The van der Waals surface area contributed by atoms with Crippen molar-refractivity contribution in [1.29, 1.82) is 0 Å². The van der Waals surface area contributed by atoms with Crippen molar-refractivity contribution in [2.75, 3.05) is 31.1 Å². The fourth-order valence-electron chi connectivity index (χ4n) is 4.58. The lowest BCUT2D eigenvalue weighted by Crippen LogP contribution is -3.29. The first kappa shape index (κ1) is 18.8. The number of rotatable bonds is 4. The first-order chi connectivity index (χ1) is 13.5. The monoisotopic (exact) mass is 379 g/mol. The van der Waals surface area contributed by atoms with Crippen LogP contribution in [0.1, 0.15) is 23.1 Å². The van der Waals surface area contributed by atoms with Crippen LogP contribution in [0, 0.1) is 13.8 Å². The molecule has 0 spiro atoms. The van der Waals surface area contributed by atoms with Crippen LogP contribution in [0.4, 0.5) is 5.69 Å². The van der Waals surface area contributed by atoms with Crippen molar-refractivity contribution in [2.24, 2.45) is 0 Å². The van der Waals surface area contributed by atoms with Gasteiger partial charge in [-0.1, -0.05) is 48.0 Å². The Kier molecular flexibility index (Phi) is 5.29. The number of piperazine rings is 1. The highest BCUT2D eigenvalue weighted by Crippen LogP contribution is 2.25. The minimum atomic E-state index is -0.229. The Morgan fingerprint density at radius 1 is 0.964 bits per heavy atom. The minimum Gasteiger partial charge on any atom is -0.322 e. The summed E-state index contributed by atoms with van der Waals surface area (Å²) in [5, 5.41) is 0. The average molecular weight is 380 g/mol. The van der Waals surface area contributed by atoms with E-state index >= 15 is 0 Å². The third-order valence-corrected chi connectivity index (χ3v) is 6.13. The van der Waals surface area contributed by atoms with E-state index in [1.807, 2.05) is 31.2 Å². The van der Waals surface area contributed by atoms with Crippen molar-refractivity contribution in [1.82, 2.24) is 0 Å². The van der Waals surface area contributed by atoms with Crippen molar-refractivity contribution >= 4 is 17.5 Å². The van der Waals surface area contributed by atoms with Gasteiger partial charge in [0.25, 0.3) is 5.91 Å². The number of amides is 2. The molecule has 1 atom stereocenters. The summed E-state index contributed by atoms with van der Waals surface area (Å²) in [5.41, 5.74) is 4.37. The average Bonchev–Trinajstić information content (AvgIpc) is 2.97. The van der Waals surface area contributed by atoms with E-state index in [0.717, 1.165) is 44.0 Å². The van der Waals surface area contributed by atoms with Crippen LogP contribution >= 0.6 is 0 Å². The molecule has 2 fully saturated rings. The molecule has 2 aromatic rings. The molecule has 0 radical (unpaired) electrons. The molecule has 2 aliphatic heterocycles. The Balaban J connectivity index is 1.39. The number of anilines is 1. The molecule has 5 nitrogen and oxygen atoms in total. The van der Waals surface area contributed by atoms with Gasteiger partial charge in [-0.05, 0) is 25.5 Å². The Labute approximate surface area is 166 Å². The van der Waals surface area contributed by atoms with E-state index in [1.165, 1.54) is 20.9 Å². The summed E-state index contributed by atoms with van der Waals surface area (Å²) in [4.78, 5) is 29.9. The summed E-state index contributed by atoms with van der Waals surface area (Å²) in [5.74, 6) is -0.0947. The molecule has 4 rings (SSSR count). The zero-order valence-electron chi connectivity index (χ0n) is 16.7. The lowest BCUT2D eigenvalue weighted by molar-refractivity contribution is -1.02. The number of hydrogen-bond acceptors (Lipinski definition) is 2. The first-order valence-corrected chi connectivity index (χ1v) is 10.2. The Bertz CT molecular complexity index is 887. The Morgan fingerprint density at radius 2 is 1.71 bits per heavy atom. The van der Waals surface area contributed by atoms with Crippen molar-refractivity contribution in [3.8, 4) is 0 Å². The number of aryl methyl sites for hydroxylation is 2. The highest BCUT2D eigenvalue weighted by molar-refractivity contribution is 6.22. The van der Waals surface area contributed by atoms with Crippen LogP contribution in [0.25, 0.3) is 0 Å². The second-order valence-corrected chi connectivity index (χ2v) is 8.18. The highest BCUT2D eigenvalue weighted by Gasteiger charge is 2.47. The summed E-state index contributed by atoms with van der Waals surface area (Å²) in [6.45, 7) is 9.05. The number of benzene rings is 2. The molecular formula is C23H29N3O2+2. The maximum atomic E-state index is 13.1. The molecule has 0 aromatic heterocycles. The maximum absolute atomic E-state index is 13.1. The van der Waals surface area contributed by atoms with Crippen molar-refractivity contribution < 1.29 is 19.4 Å². The van der Waals surface area contributed by atoms with E-state index in [4.69, 9.17) is 0 Å². The number of carbonyl (C=O) groups excluding carboxylic acids is 2. The molecule has 2 aliphatic rings. The fraction of sp³-hybridized carbons (Fsp3) is 0.391. The van der Waals surface area contributed by atoms with E-state index in [2.05, 4.69) is 31.2 Å². The van der Waals surface area contributed by atoms with Gasteiger partial charge < -0.3 is 9.80 Å². The number of nitrogens with one attached hydrogen (secondary N) is 2. The van der Waals surface area contributed by atoms with Gasteiger partial charge in [0.05, 0.1) is 12.1 Å². The fourth-order valence-corrected chi connectivity index (χ4v) is 4.58. The molecule has 2 heterocycles. The molecular weight excluding hydrogens is 350 g/mol. The molecule has 2 N–H and O–H groups in total. The molecule has 0 saturated carbocycles. The normalized spacial score (nSPS) is 25.4. The van der Waals surface area contributed by atoms with E-state index < -0.39 is 0 Å². The predicted octanol–water partition coefficient (Wildman–Crippen LogP) is -0.0811. The lowest BCUT2D eigenvalue weighted by atomic mass is 10.1. The maximum Gasteiger partial charge on any atom is 0.292 e. The first-order valence-electron chi connectivity index (χ1n) is 10.2. The van der Waals surface area contributed by atoms with Gasteiger partial charge in [0.1, 0.15) is 32.7 Å². The second kappa shape index (κ2) is 7.86. The number of imide groups is 1. The molecule has 5 heteroatoms. The number of para-hydroxylation sites is 1. The molecule has 2 aromatic carbocycles. The third kappa shape index (κ3) is 3.73.